The number of hydrogen-bond acceptors (Lipinski definition) is 9. The summed E-state index contributed by atoms with van der Waals surface area (Å²) in [6.45, 7) is 10.9. The highest BCUT2D eigenvalue weighted by Gasteiger charge is 2.36. The molecule has 0 bridgehead atoms. The van der Waals surface area contributed by atoms with Crippen molar-refractivity contribution < 1.29 is 33.4 Å². The second kappa shape index (κ2) is 19.2. The number of likely N-dealkylation sites (N-methyl/N-ethyl adjacent to an activating group) is 1. The quantitative estimate of drug-likeness (QED) is 0.167. The molecule has 51 heavy (non-hydrogen) atoms. The number of nitrogens with one attached hydrogen (secondary N) is 2. The summed E-state index contributed by atoms with van der Waals surface area (Å²) in [5.74, 6) is -2.55. The highest BCUT2D eigenvalue weighted by atomic mass is 32.1. The minimum Gasteiger partial charge on any atom is -0.469 e. The summed E-state index contributed by atoms with van der Waals surface area (Å²) in [6, 6.07) is 11.6. The summed E-state index contributed by atoms with van der Waals surface area (Å²) in [5, 5.41) is 8.02. The number of hydrogen-bond donors (Lipinski definition) is 2. The first-order valence-corrected chi connectivity index (χ1v) is 18.3. The van der Waals surface area contributed by atoms with Crippen molar-refractivity contribution in [2.75, 3.05) is 14.2 Å². The zero-order valence-electron chi connectivity index (χ0n) is 31.2. The van der Waals surface area contributed by atoms with E-state index in [-0.39, 0.29) is 47.8 Å². The van der Waals surface area contributed by atoms with E-state index in [1.165, 1.54) is 25.4 Å². The molecule has 13 heteroatoms. The lowest BCUT2D eigenvalue weighted by Crippen LogP contribution is -2.54. The van der Waals surface area contributed by atoms with Gasteiger partial charge >= 0.3 is 11.9 Å². The Hall–Kier alpha value is -4.52. The summed E-state index contributed by atoms with van der Waals surface area (Å²) in [4.78, 5) is 71.5. The number of ether oxygens (including phenoxy) is 2. The number of carbonyl (C=O) groups excluding carboxylic acids is 5. The van der Waals surface area contributed by atoms with E-state index in [1.54, 1.807) is 54.2 Å². The van der Waals surface area contributed by atoms with E-state index < -0.39 is 36.0 Å². The second-order valence-corrected chi connectivity index (χ2v) is 14.4. The van der Waals surface area contributed by atoms with E-state index in [1.807, 2.05) is 58.0 Å². The smallest absolute Gasteiger partial charge is 0.308 e. The number of amides is 3. The summed E-state index contributed by atoms with van der Waals surface area (Å²) >= 11 is 1.19. The number of esters is 2. The molecule has 12 nitrogen and oxygen atoms in total. The monoisotopic (exact) mass is 723 g/mol. The Balaban J connectivity index is 1.83. The first kappa shape index (κ1) is 40.9. The molecule has 0 saturated carbocycles. The van der Waals surface area contributed by atoms with E-state index in [9.17, 15) is 24.0 Å². The van der Waals surface area contributed by atoms with Crippen LogP contribution in [-0.4, -0.2) is 76.4 Å². The molecule has 278 valence electrons. The second-order valence-electron chi connectivity index (χ2n) is 13.5. The van der Waals surface area contributed by atoms with Gasteiger partial charge in [-0.25, -0.2) is 4.98 Å². The van der Waals surface area contributed by atoms with E-state index in [4.69, 9.17) is 9.47 Å². The predicted molar refractivity (Wildman–Crippen MR) is 196 cm³/mol. The van der Waals surface area contributed by atoms with E-state index in [2.05, 4.69) is 15.6 Å². The molecule has 1 aromatic carbocycles. The first-order valence-electron chi connectivity index (χ1n) is 17.4. The molecule has 2 aromatic heterocycles. The molecule has 0 aliphatic rings. The summed E-state index contributed by atoms with van der Waals surface area (Å²) in [5.41, 5.74) is 1.60. The van der Waals surface area contributed by atoms with Gasteiger partial charge in [0.1, 0.15) is 22.4 Å². The van der Waals surface area contributed by atoms with Crippen LogP contribution in [-0.2, 0) is 37.3 Å². The summed E-state index contributed by atoms with van der Waals surface area (Å²) in [6.07, 6.45) is 2.68. The van der Waals surface area contributed by atoms with Crippen LogP contribution in [0.4, 0.5) is 0 Å². The fraction of sp³-hybridized carbons (Fsp3) is 0.526. The SMILES string of the molecule is CC[C@H](C)[C@H](NC(=O)c1cccn1C)C(=O)N(C)C(C[C@@H](OC(C)=O)c1nc(C(=O)N[C@@H](Cc2ccccc2)C[C@H](C)C(=O)OC)cs1)C(C)C. The fourth-order valence-corrected chi connectivity index (χ4v) is 6.93. The maximum Gasteiger partial charge on any atom is 0.308 e. The number of rotatable bonds is 18. The van der Waals surface area contributed by atoms with Gasteiger partial charge in [-0.1, -0.05) is 71.4 Å². The Morgan fingerprint density at radius 3 is 2.22 bits per heavy atom. The highest BCUT2D eigenvalue weighted by Crippen LogP contribution is 2.31. The van der Waals surface area contributed by atoms with Gasteiger partial charge in [-0.3, -0.25) is 24.0 Å². The molecular formula is C38H53N5O7S. The number of methoxy groups -OCH3 is 1. The van der Waals surface area contributed by atoms with Crippen LogP contribution < -0.4 is 10.6 Å². The standard InChI is InChI=1S/C38H53N5O7S/c1-10-24(4)33(41-35(46)30-17-14-18-42(30)7)37(47)43(8)31(23(2)3)21-32(50-26(6)44)36-40-29(22-51-36)34(45)39-28(19-25(5)38(48)49-9)20-27-15-12-11-13-16-27/h11-18,22-25,28,31-33H,10,19-21H2,1-9H3,(H,39,45)(H,41,46)/t24-,25-,28+,31?,32+,33-/m0/s1. The van der Waals surface area contributed by atoms with Crippen LogP contribution >= 0.6 is 11.3 Å². The number of carbonyl (C=O) groups is 5. The molecule has 6 atom stereocenters. The predicted octanol–water partition coefficient (Wildman–Crippen LogP) is 5.34. The van der Waals surface area contributed by atoms with Gasteiger partial charge < -0.3 is 29.6 Å². The van der Waals surface area contributed by atoms with Crippen molar-refractivity contribution >= 4 is 41.0 Å². The van der Waals surface area contributed by atoms with Crippen LogP contribution in [0, 0.1) is 17.8 Å². The van der Waals surface area contributed by atoms with Gasteiger partial charge in [-0.2, -0.15) is 0 Å². The largest absolute Gasteiger partial charge is 0.469 e. The average Bonchev–Trinajstić information content (AvgIpc) is 3.77. The Morgan fingerprint density at radius 1 is 0.961 bits per heavy atom. The molecule has 0 aliphatic carbocycles. The van der Waals surface area contributed by atoms with Crippen molar-refractivity contribution in [1.29, 1.82) is 0 Å². The molecule has 0 spiro atoms. The molecule has 0 fully saturated rings. The van der Waals surface area contributed by atoms with E-state index in [0.29, 0.717) is 30.0 Å². The fourth-order valence-electron chi connectivity index (χ4n) is 6.09. The topological polar surface area (TPSA) is 149 Å². The van der Waals surface area contributed by atoms with Crippen molar-refractivity contribution in [1.82, 2.24) is 25.1 Å². The van der Waals surface area contributed by atoms with Crippen LogP contribution in [0.5, 0.6) is 0 Å². The van der Waals surface area contributed by atoms with Crippen molar-refractivity contribution in [3.05, 3.63) is 76.0 Å². The van der Waals surface area contributed by atoms with Crippen LogP contribution in [0.25, 0.3) is 0 Å². The molecule has 3 rings (SSSR count). The lowest BCUT2D eigenvalue weighted by molar-refractivity contribution is -0.149. The minimum atomic E-state index is -0.837. The number of aryl methyl sites for hydroxylation is 1. The minimum absolute atomic E-state index is 0.0588. The third-order valence-corrected chi connectivity index (χ3v) is 10.2. The van der Waals surface area contributed by atoms with Gasteiger partial charge in [0, 0.05) is 51.1 Å². The van der Waals surface area contributed by atoms with Crippen LogP contribution in [0.1, 0.15) is 98.5 Å². The Labute approximate surface area is 305 Å². The van der Waals surface area contributed by atoms with Crippen LogP contribution in [0.3, 0.4) is 0 Å². The van der Waals surface area contributed by atoms with Gasteiger partial charge in [-0.05, 0) is 42.4 Å². The van der Waals surface area contributed by atoms with Crippen molar-refractivity contribution in [2.45, 2.75) is 91.5 Å². The molecule has 3 amide bonds. The number of nitrogens with zero attached hydrogens (tertiary/aromatic N) is 3. The Morgan fingerprint density at radius 2 is 1.65 bits per heavy atom. The van der Waals surface area contributed by atoms with Crippen LogP contribution in [0.2, 0.25) is 0 Å². The molecule has 2 N–H and O–H groups in total. The molecule has 1 unspecified atom stereocenters. The third-order valence-electron chi connectivity index (χ3n) is 9.25. The Bertz CT molecular complexity index is 1620. The zero-order valence-corrected chi connectivity index (χ0v) is 32.0. The molecule has 3 aromatic rings. The number of benzene rings is 1. The Kier molecular flexibility index (Phi) is 15.4. The summed E-state index contributed by atoms with van der Waals surface area (Å²) < 4.78 is 12.4. The van der Waals surface area contributed by atoms with Crippen molar-refractivity contribution in [2.24, 2.45) is 24.8 Å². The maximum atomic E-state index is 14.1. The number of aromatic nitrogens is 2. The average molecular weight is 724 g/mol. The molecule has 0 aliphatic heterocycles. The number of thiazole rings is 1. The van der Waals surface area contributed by atoms with Gasteiger partial charge in [0.2, 0.25) is 5.91 Å². The lowest BCUT2D eigenvalue weighted by atomic mass is 9.93. The van der Waals surface area contributed by atoms with Crippen molar-refractivity contribution in [3.63, 3.8) is 0 Å². The van der Waals surface area contributed by atoms with Gasteiger partial charge in [0.05, 0.1) is 13.0 Å². The normalized spacial score (nSPS) is 14.8. The highest BCUT2D eigenvalue weighted by molar-refractivity contribution is 7.09. The molecule has 0 radical (unpaired) electrons. The van der Waals surface area contributed by atoms with Crippen molar-refractivity contribution in [3.8, 4) is 0 Å². The van der Waals surface area contributed by atoms with Crippen LogP contribution in [0.15, 0.2) is 54.0 Å². The van der Waals surface area contributed by atoms with E-state index >= 15 is 0 Å². The summed E-state index contributed by atoms with van der Waals surface area (Å²) in [7, 11) is 4.81. The first-order chi connectivity index (χ1) is 24.2. The zero-order chi connectivity index (χ0) is 37.8. The lowest BCUT2D eigenvalue weighted by Gasteiger charge is -2.37. The molecular weight excluding hydrogens is 671 g/mol. The van der Waals surface area contributed by atoms with Gasteiger partial charge in [0.25, 0.3) is 11.8 Å². The molecule has 0 saturated heterocycles. The van der Waals surface area contributed by atoms with Gasteiger partial charge in [-0.15, -0.1) is 11.3 Å². The van der Waals surface area contributed by atoms with E-state index in [0.717, 1.165) is 5.56 Å². The third kappa shape index (κ3) is 11.5. The van der Waals surface area contributed by atoms with Gasteiger partial charge in [0.15, 0.2) is 6.10 Å². The maximum absolute atomic E-state index is 14.1. The molecule has 2 heterocycles.